The van der Waals surface area contributed by atoms with Gasteiger partial charge in [-0.05, 0) is 45.2 Å². The van der Waals surface area contributed by atoms with Gasteiger partial charge in [-0.15, -0.1) is 0 Å². The number of aryl methyl sites for hydroxylation is 2. The lowest BCUT2D eigenvalue weighted by Gasteiger charge is -2.39. The Bertz CT molecular complexity index is 727. The van der Waals surface area contributed by atoms with E-state index in [9.17, 15) is 9.90 Å². The monoisotopic (exact) mass is 358 g/mol. The molecule has 1 fully saturated rings. The number of amides is 1. The summed E-state index contributed by atoms with van der Waals surface area (Å²) in [6, 6.07) is 5.75. The molecule has 0 spiro atoms. The molecule has 0 bridgehead atoms. The molecule has 0 aliphatic carbocycles. The van der Waals surface area contributed by atoms with Gasteiger partial charge < -0.3 is 19.8 Å². The minimum Gasteiger partial charge on any atom is -0.386 e. The van der Waals surface area contributed by atoms with Crippen molar-refractivity contribution in [2.45, 2.75) is 45.1 Å². The first-order chi connectivity index (χ1) is 12.5. The molecule has 2 aromatic rings. The minimum atomic E-state index is -0.936. The van der Waals surface area contributed by atoms with Crippen molar-refractivity contribution < 1.29 is 14.4 Å². The maximum atomic E-state index is 12.2. The van der Waals surface area contributed by atoms with Crippen LogP contribution in [0, 0.1) is 13.8 Å². The average molecular weight is 358 g/mol. The highest BCUT2D eigenvalue weighted by Crippen LogP contribution is 2.24. The van der Waals surface area contributed by atoms with Crippen molar-refractivity contribution in [1.29, 1.82) is 0 Å². The third-order valence-corrected chi connectivity index (χ3v) is 4.93. The molecule has 1 aliphatic heterocycles. The van der Waals surface area contributed by atoms with Gasteiger partial charge in [-0.2, -0.15) is 0 Å². The van der Waals surface area contributed by atoms with E-state index < -0.39 is 5.60 Å². The molecule has 0 saturated carbocycles. The molecule has 1 saturated heterocycles. The fraction of sp³-hybridized carbons (Fsp3) is 0.526. The lowest BCUT2D eigenvalue weighted by atomic mass is 9.92. The zero-order valence-corrected chi connectivity index (χ0v) is 15.4. The van der Waals surface area contributed by atoms with Crippen molar-refractivity contribution in [2.24, 2.45) is 0 Å². The quantitative estimate of drug-likeness (QED) is 0.818. The number of piperidine rings is 1. The highest BCUT2D eigenvalue weighted by molar-refractivity contribution is 5.76. The number of pyridine rings is 1. The summed E-state index contributed by atoms with van der Waals surface area (Å²) in [5.74, 6) is 1.54. The summed E-state index contributed by atoms with van der Waals surface area (Å²) in [6.45, 7) is 5.30. The van der Waals surface area contributed by atoms with E-state index in [0.717, 1.165) is 35.8 Å². The largest absolute Gasteiger partial charge is 0.386 e. The van der Waals surface area contributed by atoms with Crippen molar-refractivity contribution >= 4 is 11.7 Å². The third kappa shape index (κ3) is 4.40. The Morgan fingerprint density at radius 2 is 2.27 bits per heavy atom. The molecule has 0 unspecified atom stereocenters. The molecule has 7 heteroatoms. The van der Waals surface area contributed by atoms with Crippen LogP contribution in [0.1, 0.15) is 36.3 Å². The van der Waals surface area contributed by atoms with Crippen LogP contribution in [0.3, 0.4) is 0 Å². The lowest BCUT2D eigenvalue weighted by molar-refractivity contribution is -0.122. The second-order valence-corrected chi connectivity index (χ2v) is 7.02. The number of carbonyl (C=O) groups excluding carboxylic acids is 1. The van der Waals surface area contributed by atoms with Crippen LogP contribution in [0.5, 0.6) is 0 Å². The van der Waals surface area contributed by atoms with Crippen molar-refractivity contribution in [3.63, 3.8) is 0 Å². The van der Waals surface area contributed by atoms with Crippen molar-refractivity contribution in [2.75, 3.05) is 24.5 Å². The fourth-order valence-electron chi connectivity index (χ4n) is 3.44. The van der Waals surface area contributed by atoms with Gasteiger partial charge in [0, 0.05) is 37.8 Å². The van der Waals surface area contributed by atoms with Gasteiger partial charge in [0.1, 0.15) is 11.6 Å². The normalized spacial score (nSPS) is 20.2. The zero-order valence-electron chi connectivity index (χ0n) is 15.4. The average Bonchev–Trinajstić information content (AvgIpc) is 2.97. The molecule has 1 atom stereocenters. The molecule has 3 rings (SSSR count). The van der Waals surface area contributed by atoms with Gasteiger partial charge >= 0.3 is 0 Å². The Morgan fingerprint density at radius 3 is 2.96 bits per heavy atom. The predicted octanol–water partition coefficient (Wildman–Crippen LogP) is 1.77. The number of nitrogens with one attached hydrogen (secondary N) is 1. The molecule has 3 heterocycles. The third-order valence-electron chi connectivity index (χ3n) is 4.93. The molecule has 1 amide bonds. The minimum absolute atomic E-state index is 0.0756. The molecule has 7 nitrogen and oxygen atoms in total. The smallest absolute Gasteiger partial charge is 0.220 e. The maximum Gasteiger partial charge on any atom is 0.220 e. The first-order valence-electron chi connectivity index (χ1n) is 9.04. The van der Waals surface area contributed by atoms with E-state index in [4.69, 9.17) is 4.52 Å². The highest BCUT2D eigenvalue weighted by Gasteiger charge is 2.34. The van der Waals surface area contributed by atoms with Crippen LogP contribution in [0.2, 0.25) is 0 Å². The molecule has 1 aliphatic rings. The van der Waals surface area contributed by atoms with Crippen molar-refractivity contribution in [3.05, 3.63) is 41.4 Å². The lowest BCUT2D eigenvalue weighted by Crippen LogP contribution is -2.54. The summed E-state index contributed by atoms with van der Waals surface area (Å²) in [6.07, 6.45) is 4.22. The fourth-order valence-corrected chi connectivity index (χ4v) is 3.44. The van der Waals surface area contributed by atoms with Gasteiger partial charge in [0.25, 0.3) is 0 Å². The topological polar surface area (TPSA) is 91.5 Å². The summed E-state index contributed by atoms with van der Waals surface area (Å²) in [4.78, 5) is 18.6. The van der Waals surface area contributed by atoms with Gasteiger partial charge in [0.05, 0.1) is 11.3 Å². The van der Waals surface area contributed by atoms with Crippen molar-refractivity contribution in [1.82, 2.24) is 15.5 Å². The standard InChI is InChI=1S/C19H26N4O3/c1-14-16(15(2)26-22-14)7-8-18(24)21-12-19(25)9-5-11-23(13-19)17-6-3-4-10-20-17/h3-4,6,10,25H,5,7-9,11-13H2,1-2H3,(H,21,24)/t19-/m1/s1. The number of hydrogen-bond acceptors (Lipinski definition) is 6. The Morgan fingerprint density at radius 1 is 1.42 bits per heavy atom. The number of aliphatic hydroxyl groups is 1. The van der Waals surface area contributed by atoms with Crippen LogP contribution < -0.4 is 10.2 Å². The first kappa shape index (κ1) is 18.4. The van der Waals surface area contributed by atoms with Crippen LogP contribution in [-0.4, -0.2) is 46.4 Å². The number of rotatable bonds is 6. The molecule has 0 aromatic carbocycles. The van der Waals surface area contributed by atoms with Crippen LogP contribution in [0.25, 0.3) is 0 Å². The van der Waals surface area contributed by atoms with E-state index in [2.05, 4.69) is 20.4 Å². The molecule has 0 radical (unpaired) electrons. The number of anilines is 1. The summed E-state index contributed by atoms with van der Waals surface area (Å²) >= 11 is 0. The predicted molar refractivity (Wildman–Crippen MR) is 97.9 cm³/mol. The van der Waals surface area contributed by atoms with E-state index >= 15 is 0 Å². The van der Waals surface area contributed by atoms with E-state index in [0.29, 0.717) is 25.8 Å². The SMILES string of the molecule is Cc1noc(C)c1CCC(=O)NC[C@]1(O)CCCN(c2ccccn2)C1. The molecule has 2 N–H and O–H groups in total. The maximum absolute atomic E-state index is 12.2. The van der Waals surface area contributed by atoms with Gasteiger partial charge in [0.15, 0.2) is 0 Å². The van der Waals surface area contributed by atoms with E-state index in [1.165, 1.54) is 0 Å². The highest BCUT2D eigenvalue weighted by atomic mass is 16.5. The van der Waals surface area contributed by atoms with Gasteiger partial charge in [-0.25, -0.2) is 4.98 Å². The van der Waals surface area contributed by atoms with Crippen LogP contribution in [-0.2, 0) is 11.2 Å². The number of carbonyl (C=O) groups is 1. The Labute approximate surface area is 153 Å². The molecule has 2 aromatic heterocycles. The number of hydrogen-bond donors (Lipinski definition) is 2. The second kappa shape index (κ2) is 7.86. The summed E-state index contributed by atoms with van der Waals surface area (Å²) in [5.41, 5.74) is 0.874. The molecular formula is C19H26N4O3. The van der Waals surface area contributed by atoms with Gasteiger partial charge in [-0.3, -0.25) is 4.79 Å². The second-order valence-electron chi connectivity index (χ2n) is 7.02. The van der Waals surface area contributed by atoms with E-state index in [-0.39, 0.29) is 12.5 Å². The van der Waals surface area contributed by atoms with Gasteiger partial charge in [-0.1, -0.05) is 11.2 Å². The Kier molecular flexibility index (Phi) is 5.56. The summed E-state index contributed by atoms with van der Waals surface area (Å²) < 4.78 is 5.12. The van der Waals surface area contributed by atoms with E-state index in [1.807, 2.05) is 32.0 Å². The van der Waals surface area contributed by atoms with Gasteiger partial charge in [0.2, 0.25) is 5.91 Å². The van der Waals surface area contributed by atoms with Crippen LogP contribution >= 0.6 is 0 Å². The summed E-state index contributed by atoms with van der Waals surface area (Å²) in [5, 5.41) is 17.7. The summed E-state index contributed by atoms with van der Waals surface area (Å²) in [7, 11) is 0. The van der Waals surface area contributed by atoms with E-state index in [1.54, 1.807) is 6.20 Å². The number of nitrogens with zero attached hydrogens (tertiary/aromatic N) is 3. The Balaban J connectivity index is 1.50. The number of aromatic nitrogens is 2. The zero-order chi connectivity index (χ0) is 18.6. The number of β-amino-alcohol motifs (C(OH)–C–C–N with tert-alkyl or cyclic N) is 1. The molecular weight excluding hydrogens is 332 g/mol. The van der Waals surface area contributed by atoms with Crippen molar-refractivity contribution in [3.8, 4) is 0 Å². The molecule has 140 valence electrons. The van der Waals surface area contributed by atoms with Crippen LogP contribution in [0.15, 0.2) is 28.9 Å². The van der Waals surface area contributed by atoms with Crippen LogP contribution in [0.4, 0.5) is 5.82 Å². The molecule has 26 heavy (non-hydrogen) atoms. The first-order valence-corrected chi connectivity index (χ1v) is 9.04. The Hall–Kier alpha value is -2.41.